The van der Waals surface area contributed by atoms with Gasteiger partial charge in [0.05, 0.1) is 0 Å². The lowest BCUT2D eigenvalue weighted by molar-refractivity contribution is 0.0526. The van der Waals surface area contributed by atoms with Crippen molar-refractivity contribution < 1.29 is 8.78 Å². The highest BCUT2D eigenvalue weighted by Crippen LogP contribution is 2.32. The Hall–Kier alpha value is -1.69. The van der Waals surface area contributed by atoms with E-state index in [0.29, 0.717) is 30.2 Å². The van der Waals surface area contributed by atoms with Gasteiger partial charge in [-0.05, 0) is 51.3 Å². The molecule has 0 radical (unpaired) electrons. The molecule has 2 N–H and O–H groups in total. The average Bonchev–Trinajstić information content (AvgIpc) is 2.60. The van der Waals surface area contributed by atoms with Crippen LogP contribution in [0, 0.1) is 11.6 Å². The zero-order valence-electron chi connectivity index (χ0n) is 16.6. The highest BCUT2D eigenvalue weighted by Gasteiger charge is 2.36. The second-order valence-corrected chi connectivity index (χ2v) is 8.00. The molecule has 4 nitrogen and oxygen atoms in total. The number of guanidine groups is 1. The number of nitrogens with zero attached hydrogens (tertiary/aromatic N) is 2. The van der Waals surface area contributed by atoms with Crippen molar-refractivity contribution in [2.45, 2.75) is 70.0 Å². The van der Waals surface area contributed by atoms with E-state index >= 15 is 0 Å². The highest BCUT2D eigenvalue weighted by atomic mass is 19.1. The molecule has 3 unspecified atom stereocenters. The maximum atomic E-state index is 14.0. The minimum Gasteiger partial charge on any atom is -0.357 e. The van der Waals surface area contributed by atoms with Gasteiger partial charge in [0.25, 0.3) is 0 Å². The van der Waals surface area contributed by atoms with E-state index in [2.05, 4.69) is 27.6 Å². The minimum atomic E-state index is -0.547. The molecule has 3 atom stereocenters. The molecule has 3 rings (SSSR count). The van der Waals surface area contributed by atoms with Crippen molar-refractivity contribution in [3.05, 3.63) is 35.4 Å². The summed E-state index contributed by atoms with van der Waals surface area (Å²) in [5, 5.41) is 6.90. The third kappa shape index (κ3) is 4.98. The SMILES string of the molecule is CCNC(=NCC(C)c1ccc(F)cc1F)NC1CC2CCCC(C1)N2C. The number of benzene rings is 1. The molecule has 2 fully saturated rings. The highest BCUT2D eigenvalue weighted by molar-refractivity contribution is 5.80. The van der Waals surface area contributed by atoms with E-state index in [-0.39, 0.29) is 5.92 Å². The molecular formula is C21H32F2N4. The Bertz CT molecular complexity index is 650. The van der Waals surface area contributed by atoms with Gasteiger partial charge < -0.3 is 15.5 Å². The normalized spacial score (nSPS) is 27.3. The number of hydrogen-bond donors (Lipinski definition) is 2. The topological polar surface area (TPSA) is 39.7 Å². The predicted octanol–water partition coefficient (Wildman–Crippen LogP) is 3.64. The lowest BCUT2D eigenvalue weighted by atomic mass is 9.82. The van der Waals surface area contributed by atoms with Crippen molar-refractivity contribution in [3.8, 4) is 0 Å². The first kappa shape index (κ1) is 20.1. The van der Waals surface area contributed by atoms with Gasteiger partial charge in [-0.15, -0.1) is 0 Å². The smallest absolute Gasteiger partial charge is 0.191 e. The number of fused-ring (bicyclic) bond motifs is 2. The summed E-state index contributed by atoms with van der Waals surface area (Å²) >= 11 is 0. The van der Waals surface area contributed by atoms with Gasteiger partial charge in [0, 0.05) is 43.2 Å². The molecule has 0 aliphatic carbocycles. The molecule has 2 aliphatic heterocycles. The Morgan fingerprint density at radius 2 is 1.96 bits per heavy atom. The molecule has 0 aromatic heterocycles. The first-order valence-electron chi connectivity index (χ1n) is 10.2. The van der Waals surface area contributed by atoms with E-state index in [4.69, 9.17) is 0 Å². The second kappa shape index (κ2) is 9.00. The van der Waals surface area contributed by atoms with Crippen LogP contribution in [0.25, 0.3) is 0 Å². The van der Waals surface area contributed by atoms with Crippen LogP contribution in [0.2, 0.25) is 0 Å². The van der Waals surface area contributed by atoms with Gasteiger partial charge in [0.1, 0.15) is 11.6 Å². The third-order valence-electron chi connectivity index (χ3n) is 6.04. The Morgan fingerprint density at radius 1 is 1.26 bits per heavy atom. The third-order valence-corrected chi connectivity index (χ3v) is 6.04. The molecule has 6 heteroatoms. The van der Waals surface area contributed by atoms with Crippen LogP contribution in [0.5, 0.6) is 0 Å². The standard InChI is InChI=1S/C21H32F2N4/c1-4-24-21(25-13-14(2)19-9-8-15(22)10-20(19)23)26-16-11-17-6-5-7-18(12-16)27(17)3/h8-10,14,16-18H,4-7,11-13H2,1-3H3,(H2,24,25,26). The Labute approximate surface area is 161 Å². The summed E-state index contributed by atoms with van der Waals surface area (Å²) in [5.41, 5.74) is 0.504. The van der Waals surface area contributed by atoms with E-state index in [0.717, 1.165) is 31.4 Å². The van der Waals surface area contributed by atoms with Gasteiger partial charge in [-0.3, -0.25) is 4.99 Å². The van der Waals surface area contributed by atoms with E-state index < -0.39 is 11.6 Å². The summed E-state index contributed by atoms with van der Waals surface area (Å²) in [6.07, 6.45) is 6.17. The predicted molar refractivity (Wildman–Crippen MR) is 106 cm³/mol. The largest absolute Gasteiger partial charge is 0.357 e. The first-order chi connectivity index (χ1) is 13.0. The molecule has 0 saturated carbocycles. The van der Waals surface area contributed by atoms with Crippen molar-refractivity contribution in [2.75, 3.05) is 20.1 Å². The Morgan fingerprint density at radius 3 is 2.59 bits per heavy atom. The molecule has 0 amide bonds. The number of nitrogens with one attached hydrogen (secondary N) is 2. The van der Waals surface area contributed by atoms with Crippen LogP contribution in [-0.2, 0) is 0 Å². The fourth-order valence-corrected chi connectivity index (χ4v) is 4.47. The van der Waals surface area contributed by atoms with Crippen LogP contribution in [0.1, 0.15) is 57.4 Å². The van der Waals surface area contributed by atoms with Crippen molar-refractivity contribution in [1.29, 1.82) is 0 Å². The van der Waals surface area contributed by atoms with Crippen LogP contribution in [-0.4, -0.2) is 49.1 Å². The van der Waals surface area contributed by atoms with Gasteiger partial charge in [-0.2, -0.15) is 0 Å². The molecule has 1 aromatic rings. The molecule has 2 bridgehead atoms. The molecule has 2 aliphatic rings. The van der Waals surface area contributed by atoms with Crippen LogP contribution in [0.15, 0.2) is 23.2 Å². The maximum Gasteiger partial charge on any atom is 0.191 e. The molecule has 2 heterocycles. The number of aliphatic imine (C=N–C) groups is 1. The Balaban J connectivity index is 1.62. The number of hydrogen-bond acceptors (Lipinski definition) is 2. The summed E-state index contributed by atoms with van der Waals surface area (Å²) < 4.78 is 27.1. The monoisotopic (exact) mass is 378 g/mol. The molecular weight excluding hydrogens is 346 g/mol. The van der Waals surface area contributed by atoms with E-state index in [1.54, 1.807) is 0 Å². The zero-order valence-corrected chi connectivity index (χ0v) is 16.6. The Kier molecular flexibility index (Phi) is 6.68. The molecule has 2 saturated heterocycles. The van der Waals surface area contributed by atoms with Gasteiger partial charge in [0.15, 0.2) is 5.96 Å². The van der Waals surface area contributed by atoms with Crippen molar-refractivity contribution in [2.24, 2.45) is 4.99 Å². The lowest BCUT2D eigenvalue weighted by Gasteiger charge is -2.47. The average molecular weight is 379 g/mol. The molecule has 0 spiro atoms. The summed E-state index contributed by atoms with van der Waals surface area (Å²) in [5.74, 6) is -0.369. The summed E-state index contributed by atoms with van der Waals surface area (Å²) in [6, 6.07) is 5.50. The number of rotatable bonds is 5. The van der Waals surface area contributed by atoms with Crippen LogP contribution in [0.3, 0.4) is 0 Å². The van der Waals surface area contributed by atoms with Crippen molar-refractivity contribution >= 4 is 5.96 Å². The van der Waals surface area contributed by atoms with Crippen molar-refractivity contribution in [3.63, 3.8) is 0 Å². The van der Waals surface area contributed by atoms with Crippen LogP contribution in [0.4, 0.5) is 8.78 Å². The van der Waals surface area contributed by atoms with E-state index in [1.807, 2.05) is 13.8 Å². The fourth-order valence-electron chi connectivity index (χ4n) is 4.47. The molecule has 27 heavy (non-hydrogen) atoms. The van der Waals surface area contributed by atoms with Crippen LogP contribution >= 0.6 is 0 Å². The summed E-state index contributed by atoms with van der Waals surface area (Å²) in [7, 11) is 2.25. The summed E-state index contributed by atoms with van der Waals surface area (Å²) in [4.78, 5) is 7.23. The maximum absolute atomic E-state index is 14.0. The van der Waals surface area contributed by atoms with E-state index in [9.17, 15) is 8.78 Å². The van der Waals surface area contributed by atoms with Gasteiger partial charge in [-0.1, -0.05) is 19.4 Å². The van der Waals surface area contributed by atoms with Crippen LogP contribution < -0.4 is 10.6 Å². The van der Waals surface area contributed by atoms with Gasteiger partial charge in [0.2, 0.25) is 0 Å². The van der Waals surface area contributed by atoms with E-state index in [1.165, 1.54) is 31.4 Å². The lowest BCUT2D eigenvalue weighted by Crippen LogP contribution is -2.56. The minimum absolute atomic E-state index is 0.113. The number of halogens is 2. The second-order valence-electron chi connectivity index (χ2n) is 8.00. The van der Waals surface area contributed by atoms with Gasteiger partial charge in [-0.25, -0.2) is 8.78 Å². The fraction of sp³-hybridized carbons (Fsp3) is 0.667. The van der Waals surface area contributed by atoms with Crippen molar-refractivity contribution in [1.82, 2.24) is 15.5 Å². The summed E-state index contributed by atoms with van der Waals surface area (Å²) in [6.45, 7) is 5.20. The van der Waals surface area contributed by atoms with Gasteiger partial charge >= 0.3 is 0 Å². The first-order valence-corrected chi connectivity index (χ1v) is 10.2. The number of piperidine rings is 2. The quantitative estimate of drug-likeness (QED) is 0.607. The molecule has 1 aromatic carbocycles. The molecule has 150 valence electrons. The zero-order chi connectivity index (χ0) is 19.4.